The number of sulfonamides is 1. The summed E-state index contributed by atoms with van der Waals surface area (Å²) in [7, 11) is -3.67. The second-order valence-corrected chi connectivity index (χ2v) is 11.1. The Morgan fingerprint density at radius 3 is 2.31 bits per heavy atom. The third kappa shape index (κ3) is 11.6. The van der Waals surface area contributed by atoms with Crippen LogP contribution < -0.4 is 32.1 Å². The van der Waals surface area contributed by atoms with Gasteiger partial charge in [-0.3, -0.25) is 29.5 Å². The van der Waals surface area contributed by atoms with E-state index in [1.54, 1.807) is 0 Å². The molecular formula is C23H36N8O7S. The second-order valence-electron chi connectivity index (χ2n) is 9.35. The van der Waals surface area contributed by atoms with Crippen molar-refractivity contribution >= 4 is 45.1 Å². The summed E-state index contributed by atoms with van der Waals surface area (Å²) in [5.41, 5.74) is 10.8. The summed E-state index contributed by atoms with van der Waals surface area (Å²) in [5, 5.41) is 18.5. The Labute approximate surface area is 226 Å². The zero-order valence-electron chi connectivity index (χ0n) is 21.7. The van der Waals surface area contributed by atoms with Gasteiger partial charge < -0.3 is 27.4 Å². The van der Waals surface area contributed by atoms with Crippen molar-refractivity contribution in [1.82, 2.24) is 15.4 Å². The largest absolute Gasteiger partial charge is 0.370 e. The molecule has 1 aromatic carbocycles. The number of amides is 3. The number of rotatable bonds is 14. The van der Waals surface area contributed by atoms with E-state index in [9.17, 15) is 32.9 Å². The smallest absolute Gasteiger partial charge is 0.269 e. The predicted molar refractivity (Wildman–Crippen MR) is 145 cm³/mol. The fourth-order valence-electron chi connectivity index (χ4n) is 4.25. The average Bonchev–Trinajstić information content (AvgIpc) is 2.87. The number of guanidine groups is 1. The minimum absolute atomic E-state index is 0.121. The highest BCUT2D eigenvalue weighted by molar-refractivity contribution is 7.88. The third-order valence-electron chi connectivity index (χ3n) is 6.11. The molecule has 216 valence electrons. The van der Waals surface area contributed by atoms with E-state index < -0.39 is 51.3 Å². The van der Waals surface area contributed by atoms with E-state index in [1.807, 2.05) is 0 Å². The number of carbonyl (C=O) groups excluding carboxylic acids is 3. The van der Waals surface area contributed by atoms with Crippen LogP contribution in [0.25, 0.3) is 0 Å². The molecule has 8 N–H and O–H groups in total. The van der Waals surface area contributed by atoms with Crippen LogP contribution in [0.4, 0.5) is 11.4 Å². The van der Waals surface area contributed by atoms with Crippen LogP contribution in [0.3, 0.4) is 0 Å². The summed E-state index contributed by atoms with van der Waals surface area (Å²) in [4.78, 5) is 52.5. The Hall–Kier alpha value is -3.79. The number of nitro groups is 1. The van der Waals surface area contributed by atoms with Gasteiger partial charge in [-0.25, -0.2) is 13.1 Å². The molecule has 2 atom stereocenters. The molecule has 0 aromatic heterocycles. The van der Waals surface area contributed by atoms with Crippen molar-refractivity contribution in [3.8, 4) is 0 Å². The first-order valence-electron chi connectivity index (χ1n) is 12.5. The molecule has 16 heteroatoms. The summed E-state index contributed by atoms with van der Waals surface area (Å²) in [5.74, 6) is -2.19. The van der Waals surface area contributed by atoms with Crippen molar-refractivity contribution in [2.75, 3.05) is 24.7 Å². The number of carbonyl (C=O) groups is 3. The number of nitro benzene ring substituents is 1. The minimum atomic E-state index is -3.67. The van der Waals surface area contributed by atoms with E-state index in [0.29, 0.717) is 19.3 Å². The fraction of sp³-hybridized carbons (Fsp3) is 0.565. The quantitative estimate of drug-likeness (QED) is 0.0566. The minimum Gasteiger partial charge on any atom is -0.370 e. The number of nitrogens with zero attached hydrogens (tertiary/aromatic N) is 2. The first kappa shape index (κ1) is 31.4. The summed E-state index contributed by atoms with van der Waals surface area (Å²) >= 11 is 0. The van der Waals surface area contributed by atoms with Crippen LogP contribution in [0.15, 0.2) is 29.3 Å². The van der Waals surface area contributed by atoms with Crippen LogP contribution in [-0.2, 0) is 24.4 Å². The van der Waals surface area contributed by atoms with E-state index >= 15 is 0 Å². The molecule has 0 bridgehead atoms. The molecule has 0 spiro atoms. The van der Waals surface area contributed by atoms with Crippen LogP contribution in [0, 0.1) is 16.0 Å². The predicted octanol–water partition coefficient (Wildman–Crippen LogP) is -0.314. The normalized spacial score (nSPS) is 15.4. The van der Waals surface area contributed by atoms with E-state index in [4.69, 9.17) is 11.5 Å². The van der Waals surface area contributed by atoms with Crippen LogP contribution in [0.2, 0.25) is 0 Å². The lowest BCUT2D eigenvalue weighted by Crippen LogP contribution is -2.53. The maximum atomic E-state index is 12.9. The van der Waals surface area contributed by atoms with Crippen LogP contribution in [0.1, 0.15) is 44.9 Å². The third-order valence-corrected chi connectivity index (χ3v) is 6.79. The summed E-state index contributed by atoms with van der Waals surface area (Å²) in [6.45, 7) is -0.279. The Morgan fingerprint density at radius 2 is 1.74 bits per heavy atom. The van der Waals surface area contributed by atoms with Gasteiger partial charge in [0.15, 0.2) is 5.96 Å². The molecule has 1 aliphatic carbocycles. The molecule has 1 aliphatic rings. The molecule has 1 saturated carbocycles. The zero-order chi connectivity index (χ0) is 29.0. The molecule has 0 radical (unpaired) electrons. The maximum Gasteiger partial charge on any atom is 0.269 e. The van der Waals surface area contributed by atoms with Gasteiger partial charge >= 0.3 is 0 Å². The average molecular weight is 569 g/mol. The van der Waals surface area contributed by atoms with Crippen molar-refractivity contribution in [2.24, 2.45) is 22.4 Å². The summed E-state index contributed by atoms with van der Waals surface area (Å²) < 4.78 is 26.1. The molecule has 3 amide bonds. The van der Waals surface area contributed by atoms with E-state index in [2.05, 4.69) is 25.7 Å². The number of non-ortho nitro benzene ring substituents is 1. The summed E-state index contributed by atoms with van der Waals surface area (Å²) in [6, 6.07) is 3.12. The Morgan fingerprint density at radius 1 is 1.10 bits per heavy atom. The van der Waals surface area contributed by atoms with Gasteiger partial charge in [-0.15, -0.1) is 0 Å². The second kappa shape index (κ2) is 15.0. The molecule has 15 nitrogen and oxygen atoms in total. The highest BCUT2D eigenvalue weighted by Crippen LogP contribution is 2.27. The van der Waals surface area contributed by atoms with Gasteiger partial charge in [-0.05, 0) is 43.7 Å². The van der Waals surface area contributed by atoms with Crippen LogP contribution in [-0.4, -0.2) is 68.5 Å². The lowest BCUT2D eigenvalue weighted by Gasteiger charge is -2.29. The molecule has 1 aromatic rings. The molecule has 39 heavy (non-hydrogen) atoms. The molecule has 0 aliphatic heterocycles. The number of anilines is 1. The number of nitrogens with one attached hydrogen (secondary N) is 4. The first-order chi connectivity index (χ1) is 18.4. The van der Waals surface area contributed by atoms with Gasteiger partial charge in [-0.2, -0.15) is 0 Å². The van der Waals surface area contributed by atoms with Crippen molar-refractivity contribution in [3.63, 3.8) is 0 Å². The summed E-state index contributed by atoms with van der Waals surface area (Å²) in [6.07, 6.45) is 5.61. The molecule has 0 saturated heterocycles. The zero-order valence-corrected chi connectivity index (χ0v) is 22.5. The molecule has 2 rings (SSSR count). The number of benzene rings is 1. The lowest BCUT2D eigenvalue weighted by atomic mass is 9.84. The molecule has 0 heterocycles. The van der Waals surface area contributed by atoms with Crippen molar-refractivity contribution in [2.45, 2.75) is 57.0 Å². The fourth-order valence-corrected chi connectivity index (χ4v) is 5.01. The van der Waals surface area contributed by atoms with Gasteiger partial charge in [0, 0.05) is 24.4 Å². The van der Waals surface area contributed by atoms with Gasteiger partial charge in [0.2, 0.25) is 27.7 Å². The van der Waals surface area contributed by atoms with E-state index in [-0.39, 0.29) is 36.2 Å². The van der Waals surface area contributed by atoms with Crippen molar-refractivity contribution in [3.05, 3.63) is 34.4 Å². The van der Waals surface area contributed by atoms with Gasteiger partial charge in [0.1, 0.15) is 12.1 Å². The number of hydrogen-bond donors (Lipinski definition) is 6. The Kier molecular flexibility index (Phi) is 12.1. The monoisotopic (exact) mass is 568 g/mol. The van der Waals surface area contributed by atoms with Gasteiger partial charge in [0.25, 0.3) is 5.69 Å². The van der Waals surface area contributed by atoms with Crippen molar-refractivity contribution < 1.29 is 27.7 Å². The van der Waals surface area contributed by atoms with Crippen LogP contribution in [0.5, 0.6) is 0 Å². The molecular weight excluding hydrogens is 532 g/mol. The van der Waals surface area contributed by atoms with Crippen molar-refractivity contribution in [1.29, 1.82) is 0 Å². The topological polar surface area (TPSA) is 241 Å². The van der Waals surface area contributed by atoms with Gasteiger partial charge in [0.05, 0.1) is 17.7 Å². The first-order valence-corrected chi connectivity index (χ1v) is 14.4. The number of hydrogen-bond acceptors (Lipinski definition) is 8. The number of nitrogens with two attached hydrogens (primary N) is 2. The van der Waals surface area contributed by atoms with Crippen LogP contribution >= 0.6 is 0 Å². The Bertz CT molecular complexity index is 1150. The highest BCUT2D eigenvalue weighted by Gasteiger charge is 2.32. The highest BCUT2D eigenvalue weighted by atomic mass is 32.2. The van der Waals surface area contributed by atoms with E-state index in [1.165, 1.54) is 24.3 Å². The lowest BCUT2D eigenvalue weighted by molar-refractivity contribution is -0.384. The molecule has 0 unspecified atom stereocenters. The molecule has 1 fully saturated rings. The Balaban J connectivity index is 2.03. The SMILES string of the molecule is CS(=O)(=O)N[C@@H](C(=O)NCC(=O)N[C@@H](CCCN=C(N)N)C(=O)Nc1ccc([N+](=O)[O-])cc1)C1CCCCC1. The number of aliphatic imine (C=N–C) groups is 1. The van der Waals surface area contributed by atoms with Gasteiger partial charge in [-0.1, -0.05) is 19.3 Å². The maximum absolute atomic E-state index is 12.9. The standard InChI is InChI=1S/C23H36N8O7S/c1-39(37,38)30-20(15-6-3-2-4-7-15)22(34)27-14-19(32)29-18(8-5-13-26-23(24)25)21(33)28-16-9-11-17(12-10-16)31(35)36/h9-12,15,18,20,30H,2-8,13-14H2,1H3,(H,27,34)(H,28,33)(H,29,32)(H4,24,25,26)/t18-,20+/m0/s1. The van der Waals surface area contributed by atoms with E-state index in [0.717, 1.165) is 25.5 Å².